The van der Waals surface area contributed by atoms with Crippen LogP contribution in [0, 0.1) is 10.8 Å². The zero-order valence-electron chi connectivity index (χ0n) is 18.3. The number of nitrogens with one attached hydrogen (secondary N) is 2. The van der Waals surface area contributed by atoms with Crippen molar-refractivity contribution in [1.82, 2.24) is 10.3 Å². The molecule has 0 fully saturated rings. The molecule has 3 N–H and O–H groups in total. The minimum Gasteiger partial charge on any atom is -0.507 e. The number of fused-ring (bicyclic) bond motifs is 1. The van der Waals surface area contributed by atoms with Crippen molar-refractivity contribution < 1.29 is 9.90 Å². The number of H-pyrrole nitrogens is 1. The maximum Gasteiger partial charge on any atom is 0.260 e. The van der Waals surface area contributed by atoms with Gasteiger partial charge in [0.2, 0.25) is 5.43 Å². The molecule has 2 aromatic rings. The molecule has 160 valence electrons. The van der Waals surface area contributed by atoms with Crippen molar-refractivity contribution in [3.63, 3.8) is 0 Å². The topological polar surface area (TPSA) is 82.2 Å². The smallest absolute Gasteiger partial charge is 0.260 e. The fourth-order valence-electron chi connectivity index (χ4n) is 2.92. The van der Waals surface area contributed by atoms with E-state index in [0.717, 1.165) is 11.1 Å². The summed E-state index contributed by atoms with van der Waals surface area (Å²) >= 11 is 2.01. The van der Waals surface area contributed by atoms with E-state index in [0.29, 0.717) is 10.9 Å². The Morgan fingerprint density at radius 1 is 1.10 bits per heavy atom. The van der Waals surface area contributed by atoms with Crippen LogP contribution in [-0.4, -0.2) is 16.0 Å². The summed E-state index contributed by atoms with van der Waals surface area (Å²) in [4.78, 5) is 28.4. The van der Waals surface area contributed by atoms with Crippen LogP contribution in [0.1, 0.15) is 51.9 Å². The molecule has 1 aromatic heterocycles. The molecule has 0 radical (unpaired) electrons. The number of rotatable bonds is 4. The number of hydrogen-bond donors (Lipinski definition) is 3. The normalized spacial score (nSPS) is 14.2. The lowest BCUT2D eigenvalue weighted by Gasteiger charge is -2.27. The van der Waals surface area contributed by atoms with E-state index in [2.05, 4.69) is 10.3 Å². The molecule has 0 aliphatic rings. The highest BCUT2D eigenvalue weighted by Gasteiger charge is 2.24. The molecule has 0 saturated carbocycles. The van der Waals surface area contributed by atoms with Gasteiger partial charge in [-0.15, -0.1) is 0 Å². The lowest BCUT2D eigenvalue weighted by Crippen LogP contribution is -2.26. The Kier molecular flexibility index (Phi) is 7.34. The summed E-state index contributed by atoms with van der Waals surface area (Å²) in [5, 5.41) is 13.6. The number of allylic oxidation sites excluding steroid dienone is 3. The van der Waals surface area contributed by atoms with Gasteiger partial charge in [-0.05, 0) is 57.2 Å². The minimum atomic E-state index is -0.483. The maximum absolute atomic E-state index is 12.8. The number of hydrogen-bond acceptors (Lipinski definition) is 3. The molecule has 0 unspecified atom stereocenters. The summed E-state index contributed by atoms with van der Waals surface area (Å²) in [6.07, 6.45) is 4.95. The Bertz CT molecular complexity index is 1090. The van der Waals surface area contributed by atoms with E-state index in [9.17, 15) is 14.7 Å². The number of carbonyl (C=O) groups excluding carboxylic acids is 1. The van der Waals surface area contributed by atoms with E-state index in [1.165, 1.54) is 6.20 Å². The third kappa shape index (κ3) is 5.62. The van der Waals surface area contributed by atoms with Crippen LogP contribution in [0.4, 0.5) is 0 Å². The molecule has 0 atom stereocenters. The van der Waals surface area contributed by atoms with E-state index >= 15 is 0 Å². The van der Waals surface area contributed by atoms with Gasteiger partial charge < -0.3 is 15.4 Å². The highest BCUT2D eigenvalue weighted by molar-refractivity contribution is 14.1. The van der Waals surface area contributed by atoms with E-state index in [1.54, 1.807) is 28.5 Å². The second kappa shape index (κ2) is 9.20. The van der Waals surface area contributed by atoms with Crippen LogP contribution in [0.5, 0.6) is 0 Å². The number of para-hydroxylation sites is 1. The second-order valence-corrected chi connectivity index (χ2v) is 9.83. The first-order chi connectivity index (χ1) is 13.9. The average molecular weight is 520 g/mol. The van der Waals surface area contributed by atoms with Crippen LogP contribution >= 0.6 is 22.6 Å². The molecule has 0 saturated heterocycles. The molecule has 0 bridgehead atoms. The highest BCUT2D eigenvalue weighted by atomic mass is 127. The molecule has 30 heavy (non-hydrogen) atoms. The van der Waals surface area contributed by atoms with Crippen molar-refractivity contribution in [1.29, 1.82) is 0 Å². The number of amides is 1. The van der Waals surface area contributed by atoms with Gasteiger partial charge in [0.15, 0.2) is 0 Å². The summed E-state index contributed by atoms with van der Waals surface area (Å²) in [6.45, 7) is 12.1. The van der Waals surface area contributed by atoms with Crippen LogP contribution in [0.3, 0.4) is 0 Å². The summed E-state index contributed by atoms with van der Waals surface area (Å²) in [7, 11) is 0. The number of pyridine rings is 1. The predicted molar refractivity (Wildman–Crippen MR) is 132 cm³/mol. The van der Waals surface area contributed by atoms with Crippen LogP contribution in [-0.2, 0) is 0 Å². The molecule has 0 aliphatic heterocycles. The Morgan fingerprint density at radius 2 is 1.73 bits per heavy atom. The van der Waals surface area contributed by atoms with Gasteiger partial charge in [0.25, 0.3) is 5.91 Å². The molecule has 1 amide bonds. The average Bonchev–Trinajstić information content (AvgIpc) is 2.65. The van der Waals surface area contributed by atoms with Crippen LogP contribution in [0.25, 0.3) is 10.9 Å². The van der Waals surface area contributed by atoms with E-state index in [-0.39, 0.29) is 27.6 Å². The first-order valence-electron chi connectivity index (χ1n) is 9.70. The van der Waals surface area contributed by atoms with Crippen molar-refractivity contribution in [2.75, 3.05) is 0 Å². The number of aliphatic hydroxyl groups excluding tert-OH is 1. The fourth-order valence-corrected chi connectivity index (χ4v) is 3.26. The summed E-state index contributed by atoms with van der Waals surface area (Å²) in [5.41, 5.74) is 1.40. The standard InChI is InChI=1S/C24H29IN2O3/c1-23(2,3)15(11-18(20(28)12-25)24(4,5)6)13-27-22(30)17-14-26-19-10-8-7-9-16(19)21(17)29/h7-14,28H,1-6H3,(H,26,29)(H,27,30)/b15-13-,18-11+,20-12+. The van der Waals surface area contributed by atoms with Gasteiger partial charge in [-0.2, -0.15) is 0 Å². The van der Waals surface area contributed by atoms with Gasteiger partial charge in [0, 0.05) is 33.0 Å². The minimum absolute atomic E-state index is 0.0493. The van der Waals surface area contributed by atoms with Crippen molar-refractivity contribution in [2.45, 2.75) is 41.5 Å². The Labute approximate surface area is 191 Å². The zero-order chi connectivity index (χ0) is 22.7. The first kappa shape index (κ1) is 23.9. The van der Waals surface area contributed by atoms with Gasteiger partial charge in [-0.25, -0.2) is 0 Å². The molecule has 1 heterocycles. The second-order valence-electron chi connectivity index (χ2n) is 9.20. The Hall–Kier alpha value is -2.35. The Balaban J connectivity index is 2.47. The molecule has 2 rings (SSSR count). The van der Waals surface area contributed by atoms with Crippen LogP contribution in [0.15, 0.2) is 68.5 Å². The van der Waals surface area contributed by atoms with Gasteiger partial charge in [-0.3, -0.25) is 9.59 Å². The lowest BCUT2D eigenvalue weighted by molar-refractivity contribution is 0.0968. The third-order valence-electron chi connectivity index (χ3n) is 4.74. The zero-order valence-corrected chi connectivity index (χ0v) is 20.4. The molecular formula is C24H29IN2O3. The largest absolute Gasteiger partial charge is 0.507 e. The van der Waals surface area contributed by atoms with Crippen molar-refractivity contribution in [3.8, 4) is 0 Å². The van der Waals surface area contributed by atoms with Gasteiger partial charge in [0.1, 0.15) is 11.3 Å². The summed E-state index contributed by atoms with van der Waals surface area (Å²) in [5.74, 6) is -0.293. The van der Waals surface area contributed by atoms with Gasteiger partial charge >= 0.3 is 0 Å². The molecule has 0 spiro atoms. The summed E-state index contributed by atoms with van der Waals surface area (Å²) < 4.78 is 1.63. The fraction of sp³-hybridized carbons (Fsp3) is 0.333. The summed E-state index contributed by atoms with van der Waals surface area (Å²) in [6, 6.07) is 7.08. The first-order valence-corrected chi connectivity index (χ1v) is 10.9. The van der Waals surface area contributed by atoms with Crippen LogP contribution in [0.2, 0.25) is 0 Å². The number of halogens is 1. The van der Waals surface area contributed by atoms with Crippen molar-refractivity contribution in [3.05, 3.63) is 79.5 Å². The van der Waals surface area contributed by atoms with E-state index in [4.69, 9.17) is 0 Å². The molecule has 0 aliphatic carbocycles. The maximum atomic E-state index is 12.8. The van der Waals surface area contributed by atoms with Gasteiger partial charge in [-0.1, -0.05) is 53.7 Å². The molecule has 5 nitrogen and oxygen atoms in total. The highest BCUT2D eigenvalue weighted by Crippen LogP contribution is 2.35. The van der Waals surface area contributed by atoms with E-state index < -0.39 is 5.91 Å². The monoisotopic (exact) mass is 520 g/mol. The predicted octanol–water partition coefficient (Wildman–Crippen LogP) is 5.99. The molecular weight excluding hydrogens is 491 g/mol. The Morgan fingerprint density at radius 3 is 2.30 bits per heavy atom. The number of benzene rings is 1. The molecule has 1 aromatic carbocycles. The number of aromatic amines is 1. The third-order valence-corrected chi connectivity index (χ3v) is 5.33. The van der Waals surface area contributed by atoms with E-state index in [1.807, 2.05) is 76.3 Å². The lowest BCUT2D eigenvalue weighted by atomic mass is 9.80. The number of carbonyl (C=O) groups is 1. The molecule has 6 heteroatoms. The van der Waals surface area contributed by atoms with Crippen molar-refractivity contribution >= 4 is 39.4 Å². The van der Waals surface area contributed by atoms with Crippen molar-refractivity contribution in [2.24, 2.45) is 10.8 Å². The van der Waals surface area contributed by atoms with Crippen LogP contribution < -0.4 is 10.7 Å². The van der Waals surface area contributed by atoms with Gasteiger partial charge in [0.05, 0.1) is 0 Å². The quantitative estimate of drug-likeness (QED) is 0.263. The number of aliphatic hydroxyl groups is 1. The SMILES string of the molecule is CC(C)(C)C(=C\NC(=O)c1c[nH]c2ccccc2c1=O)/C=C(\C(O)=C/I)C(C)(C)C. The number of aromatic nitrogens is 1.